The summed E-state index contributed by atoms with van der Waals surface area (Å²) in [6.45, 7) is 2.04. The van der Waals surface area contributed by atoms with Gasteiger partial charge in [0, 0.05) is 10.8 Å². The Labute approximate surface area is 69.3 Å². The molecule has 0 bridgehead atoms. The molecule has 2 rings (SSSR count). The van der Waals surface area contributed by atoms with Crippen LogP contribution >= 0.6 is 11.3 Å². The van der Waals surface area contributed by atoms with Crippen molar-refractivity contribution in [3.63, 3.8) is 0 Å². The van der Waals surface area contributed by atoms with Crippen LogP contribution in [0.1, 0.15) is 39.1 Å². The summed E-state index contributed by atoms with van der Waals surface area (Å²) in [5, 5.41) is 0.629. The van der Waals surface area contributed by atoms with E-state index in [2.05, 4.69) is 4.98 Å². The molecule has 1 aliphatic carbocycles. The molecule has 0 N–H and O–H groups in total. The van der Waals surface area contributed by atoms with Crippen LogP contribution in [-0.2, 0) is 0 Å². The van der Waals surface area contributed by atoms with Crippen LogP contribution in [0.2, 0.25) is 0 Å². The highest BCUT2D eigenvalue weighted by Gasteiger charge is 2.28. The second-order valence-electron chi connectivity index (χ2n) is 2.89. The fourth-order valence-electron chi connectivity index (χ4n) is 1.22. The molecule has 1 heterocycles. The third kappa shape index (κ3) is 1.20. The lowest BCUT2D eigenvalue weighted by molar-refractivity contribution is 0.112. The van der Waals surface area contributed by atoms with Crippen LogP contribution in [0, 0.1) is 6.92 Å². The predicted molar refractivity (Wildman–Crippen MR) is 44.2 cm³/mol. The van der Waals surface area contributed by atoms with Crippen LogP contribution in [0.5, 0.6) is 0 Å². The van der Waals surface area contributed by atoms with Gasteiger partial charge in [-0.15, -0.1) is 11.3 Å². The molecule has 0 spiro atoms. The Hall–Kier alpha value is -0.700. The van der Waals surface area contributed by atoms with Crippen molar-refractivity contribution in [3.05, 3.63) is 15.6 Å². The first-order valence-electron chi connectivity index (χ1n) is 3.74. The lowest BCUT2D eigenvalue weighted by Crippen LogP contribution is -1.82. The molecule has 0 saturated heterocycles. The van der Waals surface area contributed by atoms with Gasteiger partial charge in [-0.25, -0.2) is 4.98 Å². The molecule has 1 fully saturated rings. The van der Waals surface area contributed by atoms with Crippen molar-refractivity contribution in [3.8, 4) is 0 Å². The molecule has 0 atom stereocenters. The van der Waals surface area contributed by atoms with Gasteiger partial charge in [-0.3, -0.25) is 4.79 Å². The number of aryl methyl sites for hydroxylation is 1. The Morgan fingerprint density at radius 2 is 2.36 bits per heavy atom. The zero-order valence-electron chi connectivity index (χ0n) is 6.33. The maximum Gasteiger partial charge on any atom is 0.178 e. The normalized spacial score (nSPS) is 16.8. The molecule has 58 valence electrons. The number of aromatic nitrogens is 1. The zero-order chi connectivity index (χ0) is 7.84. The molecule has 11 heavy (non-hydrogen) atoms. The first-order chi connectivity index (χ1) is 5.31. The van der Waals surface area contributed by atoms with Crippen molar-refractivity contribution in [1.29, 1.82) is 0 Å². The van der Waals surface area contributed by atoms with E-state index in [1.807, 2.05) is 6.92 Å². The maximum atomic E-state index is 10.4. The highest BCUT2D eigenvalue weighted by molar-refractivity contribution is 7.13. The summed E-state index contributed by atoms with van der Waals surface area (Å²) < 4.78 is 0. The van der Waals surface area contributed by atoms with Gasteiger partial charge in [0.15, 0.2) is 11.3 Å². The molecule has 0 unspecified atom stereocenters. The van der Waals surface area contributed by atoms with Gasteiger partial charge in [0.1, 0.15) is 0 Å². The van der Waals surface area contributed by atoms with E-state index in [4.69, 9.17) is 0 Å². The van der Waals surface area contributed by atoms with E-state index in [9.17, 15) is 4.79 Å². The van der Waals surface area contributed by atoms with Gasteiger partial charge < -0.3 is 0 Å². The Bertz CT molecular complexity index is 288. The van der Waals surface area contributed by atoms with Crippen LogP contribution in [0.25, 0.3) is 0 Å². The topological polar surface area (TPSA) is 30.0 Å². The molecule has 3 heteroatoms. The monoisotopic (exact) mass is 167 g/mol. The lowest BCUT2D eigenvalue weighted by atomic mass is 10.3. The average molecular weight is 167 g/mol. The summed E-state index contributed by atoms with van der Waals surface area (Å²) in [4.78, 5) is 15.8. The van der Waals surface area contributed by atoms with E-state index in [0.717, 1.165) is 12.0 Å². The Balaban J connectivity index is 2.37. The minimum Gasteiger partial charge on any atom is -0.295 e. The summed E-state index contributed by atoms with van der Waals surface area (Å²) in [7, 11) is 0. The number of nitrogens with zero attached hydrogens (tertiary/aromatic N) is 1. The molecular formula is C8H9NOS. The summed E-state index contributed by atoms with van der Waals surface area (Å²) in [6.07, 6.45) is 3.34. The Morgan fingerprint density at radius 3 is 2.82 bits per heavy atom. The molecule has 0 amide bonds. The fraction of sp³-hybridized carbons (Fsp3) is 0.500. The zero-order valence-corrected chi connectivity index (χ0v) is 7.15. The number of hydrogen-bond acceptors (Lipinski definition) is 3. The molecule has 1 aromatic heterocycles. The first-order valence-corrected chi connectivity index (χ1v) is 4.55. The number of carbonyl (C=O) groups is 1. The van der Waals surface area contributed by atoms with Crippen molar-refractivity contribution < 1.29 is 4.79 Å². The van der Waals surface area contributed by atoms with Gasteiger partial charge in [0.2, 0.25) is 0 Å². The van der Waals surface area contributed by atoms with E-state index in [1.165, 1.54) is 29.1 Å². The molecule has 1 aliphatic rings. The standard InChI is InChI=1S/C8H9NOS/c1-5-8(6-2-3-6)9-7(4-10)11-5/h4,6H,2-3H2,1H3. The van der Waals surface area contributed by atoms with E-state index in [1.54, 1.807) is 0 Å². The minimum atomic E-state index is 0.629. The van der Waals surface area contributed by atoms with E-state index < -0.39 is 0 Å². The van der Waals surface area contributed by atoms with Crippen LogP contribution in [0.4, 0.5) is 0 Å². The second kappa shape index (κ2) is 2.41. The Morgan fingerprint density at radius 1 is 1.64 bits per heavy atom. The summed E-state index contributed by atoms with van der Waals surface area (Å²) in [5.74, 6) is 0.667. The number of aldehydes is 1. The number of carbonyl (C=O) groups excluding carboxylic acids is 1. The smallest absolute Gasteiger partial charge is 0.178 e. The van der Waals surface area contributed by atoms with Crippen LogP contribution in [0.3, 0.4) is 0 Å². The van der Waals surface area contributed by atoms with Crippen LogP contribution in [-0.4, -0.2) is 11.3 Å². The molecule has 1 saturated carbocycles. The van der Waals surface area contributed by atoms with Crippen molar-refractivity contribution in [1.82, 2.24) is 4.98 Å². The predicted octanol–water partition coefficient (Wildman–Crippen LogP) is 2.14. The molecular weight excluding hydrogens is 158 g/mol. The van der Waals surface area contributed by atoms with Crippen LogP contribution < -0.4 is 0 Å². The highest BCUT2D eigenvalue weighted by atomic mass is 32.1. The van der Waals surface area contributed by atoms with Gasteiger partial charge in [-0.1, -0.05) is 0 Å². The summed E-state index contributed by atoms with van der Waals surface area (Å²) in [6, 6.07) is 0. The van der Waals surface area contributed by atoms with Gasteiger partial charge in [-0.05, 0) is 19.8 Å². The van der Waals surface area contributed by atoms with Crippen molar-refractivity contribution in [2.75, 3.05) is 0 Å². The van der Waals surface area contributed by atoms with Gasteiger partial charge in [0.05, 0.1) is 5.69 Å². The molecule has 0 radical (unpaired) electrons. The summed E-state index contributed by atoms with van der Waals surface area (Å²) >= 11 is 1.50. The minimum absolute atomic E-state index is 0.629. The molecule has 0 aliphatic heterocycles. The third-order valence-corrected chi connectivity index (χ3v) is 2.83. The largest absolute Gasteiger partial charge is 0.295 e. The van der Waals surface area contributed by atoms with Gasteiger partial charge in [-0.2, -0.15) is 0 Å². The summed E-state index contributed by atoms with van der Waals surface area (Å²) in [5.41, 5.74) is 1.16. The Kier molecular flexibility index (Phi) is 1.53. The fourth-order valence-corrected chi connectivity index (χ4v) is 2.04. The number of hydrogen-bond donors (Lipinski definition) is 0. The average Bonchev–Trinajstić information content (AvgIpc) is 2.76. The van der Waals surface area contributed by atoms with Crippen molar-refractivity contribution >= 4 is 17.6 Å². The van der Waals surface area contributed by atoms with E-state index in [-0.39, 0.29) is 0 Å². The van der Waals surface area contributed by atoms with Crippen LogP contribution in [0.15, 0.2) is 0 Å². The third-order valence-electron chi connectivity index (χ3n) is 1.91. The number of thiazole rings is 1. The maximum absolute atomic E-state index is 10.4. The van der Waals surface area contributed by atoms with Gasteiger partial charge in [0.25, 0.3) is 0 Å². The number of rotatable bonds is 2. The van der Waals surface area contributed by atoms with E-state index >= 15 is 0 Å². The molecule has 0 aromatic carbocycles. The van der Waals surface area contributed by atoms with Crippen molar-refractivity contribution in [2.45, 2.75) is 25.7 Å². The SMILES string of the molecule is Cc1sc(C=O)nc1C1CC1. The quantitative estimate of drug-likeness (QED) is 0.632. The second-order valence-corrected chi connectivity index (χ2v) is 4.12. The first kappa shape index (κ1) is 6.98. The van der Waals surface area contributed by atoms with Crippen molar-refractivity contribution in [2.24, 2.45) is 0 Å². The van der Waals surface area contributed by atoms with E-state index in [0.29, 0.717) is 10.9 Å². The highest BCUT2D eigenvalue weighted by Crippen LogP contribution is 2.42. The lowest BCUT2D eigenvalue weighted by Gasteiger charge is -1.88. The van der Waals surface area contributed by atoms with Gasteiger partial charge >= 0.3 is 0 Å². The molecule has 2 nitrogen and oxygen atoms in total. The molecule has 1 aromatic rings.